The highest BCUT2D eigenvalue weighted by Crippen LogP contribution is 2.20. The predicted molar refractivity (Wildman–Crippen MR) is 86.1 cm³/mol. The first-order chi connectivity index (χ1) is 10.4. The summed E-state index contributed by atoms with van der Waals surface area (Å²) in [6.07, 6.45) is -0.0938. The molecule has 0 unspecified atom stereocenters. The van der Waals surface area contributed by atoms with Crippen LogP contribution in [-0.2, 0) is 4.74 Å². The van der Waals surface area contributed by atoms with Crippen LogP contribution in [0.1, 0.15) is 24.2 Å². The normalized spacial score (nSPS) is 22.0. The number of nitrogens with zero attached hydrogens (tertiary/aromatic N) is 1. The molecule has 1 aromatic carbocycles. The van der Waals surface area contributed by atoms with Gasteiger partial charge in [-0.25, -0.2) is 4.79 Å². The molecule has 1 amide bonds. The molecule has 0 bridgehead atoms. The Kier molecular flexibility index (Phi) is 4.06. The molecule has 2 atom stereocenters. The summed E-state index contributed by atoms with van der Waals surface area (Å²) < 4.78 is 11.7. The van der Waals surface area contributed by atoms with Gasteiger partial charge >= 0.3 is 5.63 Å². The number of halogens is 1. The monoisotopic (exact) mass is 365 g/mol. The number of carbonyl (C=O) groups excluding carboxylic acids is 1. The zero-order valence-electron chi connectivity index (χ0n) is 12.3. The summed E-state index contributed by atoms with van der Waals surface area (Å²) in [5, 5.41) is 0.715. The average Bonchev–Trinajstić information content (AvgIpc) is 2.45. The Bertz CT molecular complexity index is 775. The molecule has 0 saturated carbocycles. The standard InChI is InChI=1S/C16H16BrNO4/c1-9-7-18(8-10(2)21-9)15(19)13-6-11-5-12(17)3-4-14(11)22-16(13)20/h3-6,9-10H,7-8H2,1-2H3/t9-,10-/m0/s1. The van der Waals surface area contributed by atoms with E-state index in [4.69, 9.17) is 9.15 Å². The maximum atomic E-state index is 12.6. The van der Waals surface area contributed by atoms with Gasteiger partial charge in [-0.3, -0.25) is 4.79 Å². The fourth-order valence-electron chi connectivity index (χ4n) is 2.76. The topological polar surface area (TPSA) is 59.8 Å². The molecule has 1 fully saturated rings. The van der Waals surface area contributed by atoms with Crippen LogP contribution in [0.5, 0.6) is 0 Å². The molecule has 3 rings (SSSR count). The molecule has 0 N–H and O–H groups in total. The quantitative estimate of drug-likeness (QED) is 0.729. The van der Waals surface area contributed by atoms with Crippen molar-refractivity contribution in [1.29, 1.82) is 0 Å². The van der Waals surface area contributed by atoms with Gasteiger partial charge in [0.2, 0.25) is 0 Å². The van der Waals surface area contributed by atoms with Crippen LogP contribution in [0, 0.1) is 0 Å². The SMILES string of the molecule is C[C@H]1CN(C(=O)c2cc3cc(Br)ccc3oc2=O)C[C@H](C)O1. The van der Waals surface area contributed by atoms with Crippen LogP contribution < -0.4 is 5.63 Å². The number of fused-ring (bicyclic) bond motifs is 1. The summed E-state index contributed by atoms with van der Waals surface area (Å²) in [5.74, 6) is -0.308. The van der Waals surface area contributed by atoms with Gasteiger partial charge in [0.15, 0.2) is 0 Å². The van der Waals surface area contributed by atoms with Crippen LogP contribution >= 0.6 is 15.9 Å². The minimum Gasteiger partial charge on any atom is -0.422 e. The molecule has 0 radical (unpaired) electrons. The van der Waals surface area contributed by atoms with Crippen LogP contribution in [0.4, 0.5) is 0 Å². The third-order valence-corrected chi connectivity index (χ3v) is 4.12. The number of carbonyl (C=O) groups is 1. The molecule has 116 valence electrons. The second kappa shape index (κ2) is 5.85. The number of rotatable bonds is 1. The molecule has 1 aliphatic heterocycles. The Morgan fingerprint density at radius 2 is 1.91 bits per heavy atom. The minimum absolute atomic E-state index is 0.0469. The maximum absolute atomic E-state index is 12.6. The third kappa shape index (κ3) is 2.94. The van der Waals surface area contributed by atoms with E-state index < -0.39 is 5.63 Å². The molecule has 0 spiro atoms. The largest absolute Gasteiger partial charge is 0.422 e. The van der Waals surface area contributed by atoms with Gasteiger partial charge in [-0.05, 0) is 38.1 Å². The van der Waals surface area contributed by atoms with Gasteiger partial charge in [0, 0.05) is 22.9 Å². The first kappa shape index (κ1) is 15.2. The van der Waals surface area contributed by atoms with Gasteiger partial charge in [-0.1, -0.05) is 15.9 Å². The van der Waals surface area contributed by atoms with Gasteiger partial charge in [-0.15, -0.1) is 0 Å². The summed E-state index contributed by atoms with van der Waals surface area (Å²) in [6, 6.07) is 6.91. The van der Waals surface area contributed by atoms with Crippen molar-refractivity contribution in [3.8, 4) is 0 Å². The van der Waals surface area contributed by atoms with Crippen molar-refractivity contribution >= 4 is 32.8 Å². The number of hydrogen-bond donors (Lipinski definition) is 0. The van der Waals surface area contributed by atoms with E-state index in [0.29, 0.717) is 24.1 Å². The Hall–Kier alpha value is -1.66. The van der Waals surface area contributed by atoms with Gasteiger partial charge < -0.3 is 14.1 Å². The number of benzene rings is 1. The summed E-state index contributed by atoms with van der Waals surface area (Å²) in [4.78, 5) is 26.4. The van der Waals surface area contributed by atoms with Crippen molar-refractivity contribution in [2.75, 3.05) is 13.1 Å². The summed E-state index contributed by atoms with van der Waals surface area (Å²) in [5.41, 5.74) is -0.0769. The lowest BCUT2D eigenvalue weighted by atomic mass is 10.1. The van der Waals surface area contributed by atoms with Crippen LogP contribution in [0.25, 0.3) is 11.0 Å². The van der Waals surface area contributed by atoms with Crippen molar-refractivity contribution in [1.82, 2.24) is 4.90 Å². The van der Waals surface area contributed by atoms with Gasteiger partial charge in [0.1, 0.15) is 11.1 Å². The second-order valence-corrected chi connectivity index (χ2v) is 6.51. The highest BCUT2D eigenvalue weighted by molar-refractivity contribution is 9.10. The molecule has 1 aromatic heterocycles. The smallest absolute Gasteiger partial charge is 0.349 e. The minimum atomic E-state index is -0.605. The van der Waals surface area contributed by atoms with E-state index in [1.54, 1.807) is 23.1 Å². The fourth-order valence-corrected chi connectivity index (χ4v) is 3.14. The van der Waals surface area contributed by atoms with Crippen LogP contribution in [0.3, 0.4) is 0 Å². The van der Waals surface area contributed by atoms with Crippen LogP contribution in [0.2, 0.25) is 0 Å². The van der Waals surface area contributed by atoms with Crippen molar-refractivity contribution in [3.05, 3.63) is 44.7 Å². The fraction of sp³-hybridized carbons (Fsp3) is 0.375. The molecule has 2 aromatic rings. The maximum Gasteiger partial charge on any atom is 0.349 e. The van der Waals surface area contributed by atoms with Crippen molar-refractivity contribution in [2.45, 2.75) is 26.1 Å². The first-order valence-electron chi connectivity index (χ1n) is 7.12. The molecule has 22 heavy (non-hydrogen) atoms. The van der Waals surface area contributed by atoms with Crippen molar-refractivity contribution < 1.29 is 13.9 Å². The summed E-state index contributed by atoms with van der Waals surface area (Å²) in [6.45, 7) is 4.77. The molecule has 1 aliphatic rings. The second-order valence-electron chi connectivity index (χ2n) is 5.60. The Morgan fingerprint density at radius 1 is 1.23 bits per heavy atom. The highest BCUT2D eigenvalue weighted by Gasteiger charge is 2.28. The first-order valence-corrected chi connectivity index (χ1v) is 7.91. The molecule has 6 heteroatoms. The van der Waals surface area contributed by atoms with E-state index in [2.05, 4.69) is 15.9 Å². The molecule has 0 aliphatic carbocycles. The van der Waals surface area contributed by atoms with Crippen molar-refractivity contribution in [3.63, 3.8) is 0 Å². The molecular formula is C16H16BrNO4. The average molecular weight is 366 g/mol. The summed E-state index contributed by atoms with van der Waals surface area (Å²) >= 11 is 3.37. The molecular weight excluding hydrogens is 350 g/mol. The lowest BCUT2D eigenvalue weighted by Gasteiger charge is -2.35. The Labute approximate surface area is 136 Å². The van der Waals surface area contributed by atoms with E-state index in [0.717, 1.165) is 4.47 Å². The zero-order valence-corrected chi connectivity index (χ0v) is 13.9. The summed E-state index contributed by atoms with van der Waals surface area (Å²) in [7, 11) is 0. The third-order valence-electron chi connectivity index (χ3n) is 3.63. The van der Waals surface area contributed by atoms with E-state index in [1.807, 2.05) is 19.9 Å². The van der Waals surface area contributed by atoms with Gasteiger partial charge in [-0.2, -0.15) is 0 Å². The lowest BCUT2D eigenvalue weighted by molar-refractivity contribution is -0.0587. The predicted octanol–water partition coefficient (Wildman–Crippen LogP) is 2.80. The van der Waals surface area contributed by atoms with E-state index >= 15 is 0 Å². The number of amides is 1. The Balaban J connectivity index is 2.00. The number of morpholine rings is 1. The number of hydrogen-bond acceptors (Lipinski definition) is 4. The van der Waals surface area contributed by atoms with E-state index in [1.165, 1.54) is 0 Å². The van der Waals surface area contributed by atoms with E-state index in [-0.39, 0.29) is 23.7 Å². The van der Waals surface area contributed by atoms with Gasteiger partial charge in [0.05, 0.1) is 12.2 Å². The lowest BCUT2D eigenvalue weighted by Crippen LogP contribution is -2.49. The van der Waals surface area contributed by atoms with Crippen molar-refractivity contribution in [2.24, 2.45) is 0 Å². The van der Waals surface area contributed by atoms with E-state index in [9.17, 15) is 9.59 Å². The molecule has 1 saturated heterocycles. The zero-order chi connectivity index (χ0) is 15.9. The van der Waals surface area contributed by atoms with Gasteiger partial charge in [0.25, 0.3) is 5.91 Å². The molecule has 5 nitrogen and oxygen atoms in total. The number of ether oxygens (including phenoxy) is 1. The molecule has 2 heterocycles. The highest BCUT2D eigenvalue weighted by atomic mass is 79.9. The Morgan fingerprint density at radius 3 is 2.59 bits per heavy atom. The van der Waals surface area contributed by atoms with Crippen LogP contribution in [-0.4, -0.2) is 36.1 Å². The van der Waals surface area contributed by atoms with Crippen LogP contribution in [0.15, 0.2) is 37.9 Å².